The number of rotatable bonds is 6. The molecule has 2 aromatic carbocycles. The van der Waals surface area contributed by atoms with Crippen LogP contribution in [0.25, 0.3) is 11.2 Å². The molecular formula is C26H19F5N8O. The largest absolute Gasteiger partial charge is 0.442 e. The molecule has 1 saturated heterocycles. The Bertz CT molecular complexity index is 1670. The molecule has 2 aliphatic rings. The van der Waals surface area contributed by atoms with Gasteiger partial charge in [0.05, 0.1) is 12.6 Å². The standard InChI is InChI=1S/C26H19F5N8O/c1-2-15-7-6-10-19(25(35-36-25)26(29,30)31)18(15)14-39-22-20(34-37-39)21(38-12-11-17(40)13-38)32-23(33-22)24(27,28)16-8-4-3-5-9-16/h1,3-10,17,40H,11-14H2. The van der Waals surface area contributed by atoms with Crippen molar-refractivity contribution in [2.45, 2.75) is 36.8 Å². The molecular weight excluding hydrogens is 535 g/mol. The zero-order valence-corrected chi connectivity index (χ0v) is 20.5. The zero-order valence-electron chi connectivity index (χ0n) is 20.5. The third-order valence-corrected chi connectivity index (χ3v) is 6.93. The first-order valence-electron chi connectivity index (χ1n) is 12.1. The summed E-state index contributed by atoms with van der Waals surface area (Å²) < 4.78 is 74.3. The van der Waals surface area contributed by atoms with Gasteiger partial charge in [-0.1, -0.05) is 53.6 Å². The first-order valence-corrected chi connectivity index (χ1v) is 12.1. The van der Waals surface area contributed by atoms with Crippen LogP contribution >= 0.6 is 0 Å². The number of terminal acetylenes is 1. The third kappa shape index (κ3) is 4.04. The summed E-state index contributed by atoms with van der Waals surface area (Å²) in [6.45, 7) is 0.0543. The highest BCUT2D eigenvalue weighted by atomic mass is 19.4. The van der Waals surface area contributed by atoms with E-state index in [1.54, 1.807) is 11.0 Å². The van der Waals surface area contributed by atoms with E-state index in [0.29, 0.717) is 13.0 Å². The van der Waals surface area contributed by atoms with Crippen LogP contribution in [0.3, 0.4) is 0 Å². The van der Waals surface area contributed by atoms with E-state index in [0.717, 1.165) is 4.68 Å². The summed E-state index contributed by atoms with van der Waals surface area (Å²) in [7, 11) is 0. The fourth-order valence-electron chi connectivity index (χ4n) is 4.81. The van der Waals surface area contributed by atoms with Crippen molar-refractivity contribution < 1.29 is 27.1 Å². The van der Waals surface area contributed by atoms with Gasteiger partial charge in [-0.15, -0.1) is 21.8 Å². The van der Waals surface area contributed by atoms with Crippen molar-refractivity contribution in [1.29, 1.82) is 0 Å². The van der Waals surface area contributed by atoms with Gasteiger partial charge in [-0.3, -0.25) is 0 Å². The maximum Gasteiger partial charge on any atom is 0.442 e. The summed E-state index contributed by atoms with van der Waals surface area (Å²) in [5.74, 6) is -2.09. The van der Waals surface area contributed by atoms with Crippen LogP contribution in [0.1, 0.15) is 34.5 Å². The lowest BCUT2D eigenvalue weighted by atomic mass is 9.93. The molecule has 2 aromatic heterocycles. The van der Waals surface area contributed by atoms with Gasteiger partial charge in [0.15, 0.2) is 17.0 Å². The van der Waals surface area contributed by atoms with Gasteiger partial charge in [0.1, 0.15) is 0 Å². The summed E-state index contributed by atoms with van der Waals surface area (Å²) in [5, 5.41) is 24.8. The summed E-state index contributed by atoms with van der Waals surface area (Å²) in [4.78, 5) is 9.85. The second-order valence-electron chi connectivity index (χ2n) is 9.47. The number of fused-ring (bicyclic) bond motifs is 1. The molecule has 0 spiro atoms. The number of halogens is 5. The van der Waals surface area contributed by atoms with Crippen molar-refractivity contribution >= 4 is 17.0 Å². The van der Waals surface area contributed by atoms with Gasteiger partial charge in [0.2, 0.25) is 5.82 Å². The highest BCUT2D eigenvalue weighted by Gasteiger charge is 2.66. The van der Waals surface area contributed by atoms with Crippen molar-refractivity contribution in [3.8, 4) is 12.3 Å². The van der Waals surface area contributed by atoms with Gasteiger partial charge < -0.3 is 10.0 Å². The molecule has 14 heteroatoms. The van der Waals surface area contributed by atoms with Crippen LogP contribution in [0.2, 0.25) is 0 Å². The lowest BCUT2D eigenvalue weighted by Crippen LogP contribution is -2.32. The highest BCUT2D eigenvalue weighted by molar-refractivity contribution is 5.83. The van der Waals surface area contributed by atoms with Gasteiger partial charge in [-0.05, 0) is 18.1 Å². The monoisotopic (exact) mass is 554 g/mol. The van der Waals surface area contributed by atoms with E-state index in [1.807, 2.05) is 0 Å². The van der Waals surface area contributed by atoms with Gasteiger partial charge in [0.25, 0.3) is 0 Å². The van der Waals surface area contributed by atoms with Crippen LogP contribution in [0.5, 0.6) is 0 Å². The van der Waals surface area contributed by atoms with Crippen LogP contribution < -0.4 is 4.90 Å². The SMILES string of the molecule is C#Cc1cccc(C2(C(F)(F)F)N=N2)c1Cn1nnc2c(N3CCC(O)C3)nc(C(F)(F)c3ccccc3)nc21. The Morgan fingerprint density at radius 1 is 1.02 bits per heavy atom. The number of benzene rings is 2. The van der Waals surface area contributed by atoms with Crippen molar-refractivity contribution in [3.05, 3.63) is 76.6 Å². The van der Waals surface area contributed by atoms with Crippen LogP contribution in [-0.2, 0) is 18.1 Å². The molecule has 2 aliphatic heterocycles. The average Bonchev–Trinajstić information content (AvgIpc) is 3.51. The summed E-state index contributed by atoms with van der Waals surface area (Å²) in [5.41, 5.74) is -3.38. The van der Waals surface area contributed by atoms with E-state index in [4.69, 9.17) is 6.42 Å². The third-order valence-electron chi connectivity index (χ3n) is 6.93. The second kappa shape index (κ2) is 9.02. The lowest BCUT2D eigenvalue weighted by Gasteiger charge is -2.21. The quantitative estimate of drug-likeness (QED) is 0.284. The fraction of sp³-hybridized carbons (Fsp3) is 0.308. The molecule has 1 N–H and O–H groups in total. The number of nitrogens with zero attached hydrogens (tertiary/aromatic N) is 8. The van der Waals surface area contributed by atoms with E-state index in [2.05, 4.69) is 36.4 Å². The first-order chi connectivity index (χ1) is 19.0. The number of β-amino-alcohol motifs (C(OH)–C–C–N with tert-alkyl or cyclic N) is 1. The molecule has 40 heavy (non-hydrogen) atoms. The number of aliphatic hydroxyl groups excluding tert-OH is 1. The summed E-state index contributed by atoms with van der Waals surface area (Å²) in [6, 6.07) is 11.0. The Kier molecular flexibility index (Phi) is 5.81. The zero-order chi connectivity index (χ0) is 28.3. The van der Waals surface area contributed by atoms with Crippen molar-refractivity contribution in [1.82, 2.24) is 25.0 Å². The van der Waals surface area contributed by atoms with E-state index >= 15 is 8.78 Å². The molecule has 204 valence electrons. The molecule has 0 aliphatic carbocycles. The maximum atomic E-state index is 15.7. The number of hydrogen-bond donors (Lipinski definition) is 1. The Morgan fingerprint density at radius 2 is 1.77 bits per heavy atom. The molecule has 0 radical (unpaired) electrons. The highest BCUT2D eigenvalue weighted by Crippen LogP contribution is 2.53. The Hall–Kier alpha value is -4.51. The van der Waals surface area contributed by atoms with Crippen molar-refractivity contribution in [2.75, 3.05) is 18.0 Å². The van der Waals surface area contributed by atoms with E-state index in [-0.39, 0.29) is 52.3 Å². The second-order valence-corrected chi connectivity index (χ2v) is 9.47. The van der Waals surface area contributed by atoms with Crippen LogP contribution in [0, 0.1) is 12.3 Å². The van der Waals surface area contributed by atoms with Crippen LogP contribution in [-0.4, -0.2) is 55.4 Å². The molecule has 1 unspecified atom stereocenters. The van der Waals surface area contributed by atoms with E-state index in [9.17, 15) is 18.3 Å². The molecule has 1 fully saturated rings. The number of hydrogen-bond acceptors (Lipinski definition) is 8. The molecule has 4 heterocycles. The minimum atomic E-state index is -4.82. The molecule has 0 bridgehead atoms. The average molecular weight is 554 g/mol. The van der Waals surface area contributed by atoms with Gasteiger partial charge >= 0.3 is 17.8 Å². The number of alkyl halides is 5. The molecule has 9 nitrogen and oxygen atoms in total. The molecule has 4 aromatic rings. The Labute approximate surface area is 223 Å². The lowest BCUT2D eigenvalue weighted by molar-refractivity contribution is -0.166. The van der Waals surface area contributed by atoms with Gasteiger partial charge in [0, 0.05) is 29.8 Å². The Morgan fingerprint density at radius 3 is 2.40 bits per heavy atom. The minimum Gasteiger partial charge on any atom is -0.391 e. The van der Waals surface area contributed by atoms with E-state index < -0.39 is 29.7 Å². The molecule has 0 amide bonds. The summed E-state index contributed by atoms with van der Waals surface area (Å²) >= 11 is 0. The van der Waals surface area contributed by atoms with Crippen molar-refractivity contribution in [2.24, 2.45) is 10.2 Å². The topological polar surface area (TPSA) is 105 Å². The minimum absolute atomic E-state index is 0.0206. The normalized spacial score (nSPS) is 18.3. The van der Waals surface area contributed by atoms with Gasteiger partial charge in [-0.2, -0.15) is 22.0 Å². The van der Waals surface area contributed by atoms with Crippen molar-refractivity contribution in [3.63, 3.8) is 0 Å². The molecule has 1 atom stereocenters. The first kappa shape index (κ1) is 25.8. The number of aromatic nitrogens is 5. The Balaban J connectivity index is 1.52. The van der Waals surface area contributed by atoms with Crippen LogP contribution in [0.4, 0.5) is 27.8 Å². The number of aliphatic hydroxyl groups is 1. The number of anilines is 1. The fourth-order valence-corrected chi connectivity index (χ4v) is 4.81. The predicted molar refractivity (Wildman–Crippen MR) is 131 cm³/mol. The van der Waals surface area contributed by atoms with Gasteiger partial charge in [-0.25, -0.2) is 14.6 Å². The molecule has 0 saturated carbocycles. The predicted octanol–water partition coefficient (Wildman–Crippen LogP) is 4.14. The molecule has 6 rings (SSSR count). The van der Waals surface area contributed by atoms with E-state index in [1.165, 1.54) is 42.5 Å². The van der Waals surface area contributed by atoms with Crippen LogP contribution in [0.15, 0.2) is 58.8 Å². The smallest absolute Gasteiger partial charge is 0.391 e. The maximum absolute atomic E-state index is 15.7. The summed E-state index contributed by atoms with van der Waals surface area (Å²) in [6.07, 6.45) is 0.467.